The van der Waals surface area contributed by atoms with E-state index < -0.39 is 6.17 Å². The van der Waals surface area contributed by atoms with Gasteiger partial charge in [-0.2, -0.15) is 0 Å². The van der Waals surface area contributed by atoms with Crippen LogP contribution < -0.4 is 16.0 Å². The molecule has 0 fully saturated rings. The minimum absolute atomic E-state index is 0.115. The van der Waals surface area contributed by atoms with Crippen LogP contribution in [0.5, 0.6) is 0 Å². The second kappa shape index (κ2) is 9.83. The third kappa shape index (κ3) is 3.82. The molecule has 196 valence electrons. The molecule has 5 aliphatic rings. The molecule has 0 amide bonds. The van der Waals surface area contributed by atoms with Gasteiger partial charge in [0.05, 0.1) is 17.6 Å². The second-order valence-corrected chi connectivity index (χ2v) is 9.96. The molecule has 4 aliphatic heterocycles. The van der Waals surface area contributed by atoms with Crippen LogP contribution in [0.15, 0.2) is 138 Å². The molecule has 0 N–H and O–H groups in total. The summed E-state index contributed by atoms with van der Waals surface area (Å²) in [4.78, 5) is 34.7. The van der Waals surface area contributed by atoms with Crippen molar-refractivity contribution < 1.29 is 23.7 Å². The van der Waals surface area contributed by atoms with Crippen LogP contribution in [0.1, 0.15) is 28.4 Å². The van der Waals surface area contributed by atoms with Gasteiger partial charge in [0.2, 0.25) is 0 Å². The first-order valence-corrected chi connectivity index (χ1v) is 14.0. The minimum atomic E-state index is -0.476. The molecule has 10 heteroatoms. The van der Waals surface area contributed by atoms with Gasteiger partial charge in [-0.25, -0.2) is 15.0 Å². The molecule has 8 bridgehead atoms. The predicted molar refractivity (Wildman–Crippen MR) is 155 cm³/mol. The van der Waals surface area contributed by atoms with Gasteiger partial charge >= 0.3 is 23.7 Å². The van der Waals surface area contributed by atoms with Crippen molar-refractivity contribution in [2.24, 2.45) is 35.9 Å². The molecular weight excluding hydrogens is 560 g/mol. The Morgan fingerprint density at radius 2 is 1.36 bits per heavy atom. The van der Waals surface area contributed by atoms with Crippen LogP contribution in [0.25, 0.3) is 16.1 Å². The van der Waals surface area contributed by atoms with E-state index in [-0.39, 0.29) is 5.92 Å². The van der Waals surface area contributed by atoms with Crippen LogP contribution in [0.4, 0.5) is 0 Å². The number of aliphatic imine (C=N–C) groups is 4. The molecule has 2 unspecified atom stereocenters. The van der Waals surface area contributed by atoms with E-state index >= 15 is 0 Å². The van der Waals surface area contributed by atoms with Crippen LogP contribution in [0, 0.1) is 5.92 Å². The summed E-state index contributed by atoms with van der Waals surface area (Å²) in [7, 11) is 0. The number of hydrogen-bond donors (Lipinski definition) is 0. The molecule has 0 saturated carbocycles. The summed E-state index contributed by atoms with van der Waals surface area (Å²) in [5, 5.41) is 6.79. The fourth-order valence-corrected chi connectivity index (χ4v) is 5.74. The van der Waals surface area contributed by atoms with Crippen LogP contribution in [0.3, 0.4) is 0 Å². The normalized spacial score (nSPS) is 22.6. The molecule has 3 aromatic carbocycles. The van der Waals surface area contributed by atoms with Gasteiger partial charge in [0.25, 0.3) is 0 Å². The van der Waals surface area contributed by atoms with Crippen molar-refractivity contribution in [3.05, 3.63) is 147 Å². The van der Waals surface area contributed by atoms with Gasteiger partial charge in [0, 0.05) is 28.3 Å². The Labute approximate surface area is 251 Å². The second-order valence-electron chi connectivity index (χ2n) is 9.96. The van der Waals surface area contributed by atoms with Gasteiger partial charge in [0.1, 0.15) is 5.84 Å². The van der Waals surface area contributed by atoms with E-state index in [1.165, 1.54) is 0 Å². The number of fused-ring (bicyclic) bond motifs is 17. The van der Waals surface area contributed by atoms with E-state index in [2.05, 4.69) is 6.08 Å². The maximum absolute atomic E-state index is 8.25. The molecule has 1 aromatic heterocycles. The summed E-state index contributed by atoms with van der Waals surface area (Å²) in [6.45, 7) is 0. The van der Waals surface area contributed by atoms with Crippen LogP contribution >= 0.6 is 0 Å². The van der Waals surface area contributed by atoms with Crippen molar-refractivity contribution in [3.63, 3.8) is 0 Å². The Kier molecular flexibility index (Phi) is 5.80. The molecular formula is C32H18N8OTi. The monoisotopic (exact) mass is 578 g/mol. The summed E-state index contributed by atoms with van der Waals surface area (Å²) in [5.41, 5.74) is 5.89. The van der Waals surface area contributed by atoms with E-state index in [1.54, 1.807) is 0 Å². The average Bonchev–Trinajstić information content (AvgIpc) is 3.78. The zero-order chi connectivity index (χ0) is 28.2. The molecule has 9 rings (SSSR count). The average molecular weight is 578 g/mol. The van der Waals surface area contributed by atoms with Crippen molar-refractivity contribution in [2.45, 2.75) is 6.17 Å². The summed E-state index contributed by atoms with van der Waals surface area (Å²) in [6.07, 6.45) is 7.68. The van der Waals surface area contributed by atoms with E-state index in [1.807, 2.05) is 91.0 Å². The van der Waals surface area contributed by atoms with Crippen LogP contribution in [-0.4, -0.2) is 23.3 Å². The molecule has 0 saturated heterocycles. The first-order valence-electron chi connectivity index (χ1n) is 13.3. The standard InChI is InChI=1S/C32H18N8.O.Ti/c1-2-10-18-17(9-1)25-33-26(18)38-28-21-13-5-6-14-22(21)30(35-28)40-32-24-16-8-7-15-23(24)31(36-32)39-29-20-12-4-3-11-19(20)27(34-29)37-25;;/h1-17,30H;;/q-2;;+2. The Morgan fingerprint density at radius 1 is 0.667 bits per heavy atom. The quantitative estimate of drug-likeness (QED) is 0.289. The van der Waals surface area contributed by atoms with E-state index in [9.17, 15) is 0 Å². The summed E-state index contributed by atoms with van der Waals surface area (Å²) < 4.78 is 8.25. The number of hydrogen-bond acceptors (Lipinski definition) is 7. The number of nitrogens with zero attached hydrogens (tertiary/aromatic N) is 8. The van der Waals surface area contributed by atoms with Crippen LogP contribution in [0.2, 0.25) is 0 Å². The van der Waals surface area contributed by atoms with Crippen molar-refractivity contribution in [3.8, 4) is 0 Å². The molecule has 1 aliphatic carbocycles. The molecule has 4 aromatic rings. The molecule has 0 spiro atoms. The molecule has 42 heavy (non-hydrogen) atoms. The van der Waals surface area contributed by atoms with Gasteiger partial charge in [-0.05, 0) is 27.5 Å². The fraction of sp³-hybridized carbons (Fsp3) is 0.0625. The van der Waals surface area contributed by atoms with Gasteiger partial charge in [-0.3, -0.25) is 0 Å². The maximum atomic E-state index is 8.25. The number of amidine groups is 4. The number of rotatable bonds is 0. The number of allylic oxidation sites excluding steroid dienone is 3. The summed E-state index contributed by atoms with van der Waals surface area (Å²) in [5.74, 6) is 2.88. The molecule has 0 radical (unpaired) electrons. The molecule has 9 nitrogen and oxygen atoms in total. The fourth-order valence-electron chi connectivity index (χ4n) is 5.74. The van der Waals surface area contributed by atoms with E-state index in [0.29, 0.717) is 40.1 Å². The SMILES string of the molecule is C1=CC2=C3N=C(N=C4N=C(N=c5[n-]/c(c6ccccc56)=N\C5[N-]/C(=N\3)c3ccccc35)c3ccccc34)C2C=C1.[O]=[Ti+2]. The Hall–Kier alpha value is -4.99. The van der Waals surface area contributed by atoms with Crippen molar-refractivity contribution >= 4 is 34.1 Å². The van der Waals surface area contributed by atoms with Gasteiger partial charge in [0.15, 0.2) is 5.84 Å². The first kappa shape index (κ1) is 24.8. The van der Waals surface area contributed by atoms with E-state index in [4.69, 9.17) is 43.6 Å². The molecule has 2 atom stereocenters. The van der Waals surface area contributed by atoms with E-state index in [0.717, 1.165) is 59.0 Å². The van der Waals surface area contributed by atoms with Crippen LogP contribution in [-0.2, 0) is 23.7 Å². The topological polar surface area (TPSA) is 119 Å². The number of aromatic nitrogens is 1. The van der Waals surface area contributed by atoms with Crippen molar-refractivity contribution in [1.29, 1.82) is 0 Å². The Bertz CT molecular complexity index is 2180. The zero-order valence-electron chi connectivity index (χ0n) is 21.9. The summed E-state index contributed by atoms with van der Waals surface area (Å²) in [6, 6.07) is 24.1. The summed E-state index contributed by atoms with van der Waals surface area (Å²) >= 11 is 0.750. The van der Waals surface area contributed by atoms with Gasteiger partial charge in [-0.1, -0.05) is 103 Å². The zero-order valence-corrected chi connectivity index (χ0v) is 23.4. The third-order valence-corrected chi connectivity index (χ3v) is 7.64. The van der Waals surface area contributed by atoms with Crippen molar-refractivity contribution in [1.82, 2.24) is 4.98 Å². The Balaban J connectivity index is 0.00000131. The van der Waals surface area contributed by atoms with Gasteiger partial charge < -0.3 is 25.3 Å². The third-order valence-electron chi connectivity index (χ3n) is 7.64. The predicted octanol–water partition coefficient (Wildman–Crippen LogP) is 4.33. The Morgan fingerprint density at radius 3 is 2.17 bits per heavy atom. The molecule has 5 heterocycles. The van der Waals surface area contributed by atoms with Gasteiger partial charge in [-0.15, -0.1) is 0 Å². The number of benzene rings is 3. The van der Waals surface area contributed by atoms with Crippen molar-refractivity contribution in [2.75, 3.05) is 0 Å². The first-order chi connectivity index (χ1) is 20.8.